The van der Waals surface area contributed by atoms with Crippen molar-refractivity contribution in [3.05, 3.63) is 0 Å². The van der Waals surface area contributed by atoms with Crippen LogP contribution in [0.2, 0.25) is 0 Å². The molecule has 1 aliphatic heterocycles. The molecule has 3 nitrogen and oxygen atoms in total. The molecule has 2 N–H and O–H groups in total. The molecular formula is C15H28N2O. The zero-order valence-corrected chi connectivity index (χ0v) is 11.7. The fourth-order valence-corrected chi connectivity index (χ4v) is 3.46. The van der Waals surface area contributed by atoms with Crippen molar-refractivity contribution in [3.8, 4) is 0 Å². The van der Waals surface area contributed by atoms with Crippen molar-refractivity contribution in [3.63, 3.8) is 0 Å². The average Bonchev–Trinajstić information content (AvgIpc) is 2.95. The third-order valence-electron chi connectivity index (χ3n) is 4.51. The maximum Gasteiger partial charge on any atom is 0.221 e. The third-order valence-corrected chi connectivity index (χ3v) is 4.51. The summed E-state index contributed by atoms with van der Waals surface area (Å²) in [7, 11) is 0. The highest BCUT2D eigenvalue weighted by Gasteiger charge is 2.30. The number of hydrogen-bond acceptors (Lipinski definition) is 2. The lowest BCUT2D eigenvalue weighted by molar-refractivity contribution is -0.119. The smallest absolute Gasteiger partial charge is 0.221 e. The molecule has 1 amide bonds. The molecule has 1 heterocycles. The summed E-state index contributed by atoms with van der Waals surface area (Å²) in [4.78, 5) is 11.2. The zero-order valence-electron chi connectivity index (χ0n) is 11.7. The van der Waals surface area contributed by atoms with Crippen LogP contribution in [0.3, 0.4) is 0 Å². The van der Waals surface area contributed by atoms with Crippen LogP contribution in [0.1, 0.15) is 64.7 Å². The molecule has 3 heteroatoms. The minimum atomic E-state index is 0.213. The first-order valence-electron chi connectivity index (χ1n) is 7.82. The number of unbranched alkanes of at least 4 members (excludes halogenated alkanes) is 3. The maximum atomic E-state index is 11.2. The summed E-state index contributed by atoms with van der Waals surface area (Å²) in [5.74, 6) is 1.07. The second-order valence-electron chi connectivity index (χ2n) is 6.02. The van der Waals surface area contributed by atoms with E-state index in [9.17, 15) is 4.79 Å². The second kappa shape index (κ2) is 7.13. The van der Waals surface area contributed by atoms with Crippen molar-refractivity contribution in [2.45, 2.75) is 76.8 Å². The summed E-state index contributed by atoms with van der Waals surface area (Å²) in [6.45, 7) is 3.10. The van der Waals surface area contributed by atoms with Gasteiger partial charge in [0.2, 0.25) is 5.91 Å². The van der Waals surface area contributed by atoms with E-state index >= 15 is 0 Å². The van der Waals surface area contributed by atoms with Gasteiger partial charge in [-0.15, -0.1) is 0 Å². The molecule has 0 aromatic heterocycles. The molecule has 2 aliphatic rings. The Hall–Kier alpha value is -0.570. The quantitative estimate of drug-likeness (QED) is 0.684. The van der Waals surface area contributed by atoms with Gasteiger partial charge in [0.15, 0.2) is 0 Å². The summed E-state index contributed by atoms with van der Waals surface area (Å²) >= 11 is 0. The van der Waals surface area contributed by atoms with Crippen molar-refractivity contribution in [2.75, 3.05) is 6.54 Å². The Morgan fingerprint density at radius 1 is 1.28 bits per heavy atom. The van der Waals surface area contributed by atoms with Crippen LogP contribution < -0.4 is 10.6 Å². The van der Waals surface area contributed by atoms with Crippen LogP contribution in [0.25, 0.3) is 0 Å². The SMILES string of the molecule is CCCCCCC1CCCC1NC1CNC(=O)C1. The molecule has 1 aliphatic carbocycles. The Labute approximate surface area is 111 Å². The first kappa shape index (κ1) is 13.9. The van der Waals surface area contributed by atoms with Crippen LogP contribution in [0.15, 0.2) is 0 Å². The van der Waals surface area contributed by atoms with E-state index in [1.54, 1.807) is 0 Å². The predicted octanol–water partition coefficient (Wildman–Crippen LogP) is 2.60. The Kier molecular flexibility index (Phi) is 5.48. The van der Waals surface area contributed by atoms with Gasteiger partial charge in [-0.3, -0.25) is 4.79 Å². The van der Waals surface area contributed by atoms with Gasteiger partial charge in [-0.2, -0.15) is 0 Å². The third kappa shape index (κ3) is 3.98. The number of carbonyl (C=O) groups is 1. The monoisotopic (exact) mass is 252 g/mol. The topological polar surface area (TPSA) is 41.1 Å². The molecule has 1 saturated carbocycles. The summed E-state index contributed by atoms with van der Waals surface area (Å²) in [5.41, 5.74) is 0. The van der Waals surface area contributed by atoms with Crippen LogP contribution >= 0.6 is 0 Å². The normalized spacial score (nSPS) is 31.8. The molecular weight excluding hydrogens is 224 g/mol. The van der Waals surface area contributed by atoms with Crippen LogP contribution in [0.4, 0.5) is 0 Å². The van der Waals surface area contributed by atoms with E-state index in [0.717, 1.165) is 12.5 Å². The molecule has 0 aromatic carbocycles. The number of carbonyl (C=O) groups excluding carboxylic acids is 1. The molecule has 1 saturated heterocycles. The Morgan fingerprint density at radius 2 is 2.17 bits per heavy atom. The van der Waals surface area contributed by atoms with Crippen molar-refractivity contribution in [1.29, 1.82) is 0 Å². The van der Waals surface area contributed by atoms with Crippen molar-refractivity contribution < 1.29 is 4.79 Å². The fraction of sp³-hybridized carbons (Fsp3) is 0.933. The summed E-state index contributed by atoms with van der Waals surface area (Å²) in [6, 6.07) is 1.06. The molecule has 0 spiro atoms. The number of amides is 1. The molecule has 0 bridgehead atoms. The van der Waals surface area contributed by atoms with Gasteiger partial charge in [-0.25, -0.2) is 0 Å². The second-order valence-corrected chi connectivity index (χ2v) is 6.02. The summed E-state index contributed by atoms with van der Waals surface area (Å²) in [5, 5.41) is 6.63. The first-order valence-corrected chi connectivity index (χ1v) is 7.82. The van der Waals surface area contributed by atoms with Gasteiger partial charge < -0.3 is 10.6 Å². The van der Waals surface area contributed by atoms with Gasteiger partial charge in [-0.1, -0.05) is 39.0 Å². The molecule has 3 atom stereocenters. The highest BCUT2D eigenvalue weighted by molar-refractivity contribution is 5.78. The Balaban J connectivity index is 1.68. The highest BCUT2D eigenvalue weighted by Crippen LogP contribution is 2.30. The lowest BCUT2D eigenvalue weighted by Crippen LogP contribution is -2.41. The van der Waals surface area contributed by atoms with E-state index in [0.29, 0.717) is 18.5 Å². The van der Waals surface area contributed by atoms with E-state index in [4.69, 9.17) is 0 Å². The lowest BCUT2D eigenvalue weighted by Gasteiger charge is -2.24. The predicted molar refractivity (Wildman–Crippen MR) is 74.4 cm³/mol. The summed E-state index contributed by atoms with van der Waals surface area (Å²) in [6.07, 6.45) is 11.6. The Bertz CT molecular complexity index is 267. The van der Waals surface area contributed by atoms with Gasteiger partial charge in [0.25, 0.3) is 0 Å². The van der Waals surface area contributed by atoms with E-state index in [-0.39, 0.29) is 5.91 Å². The Morgan fingerprint density at radius 3 is 2.89 bits per heavy atom. The molecule has 3 unspecified atom stereocenters. The molecule has 0 radical (unpaired) electrons. The number of nitrogens with one attached hydrogen (secondary N) is 2. The van der Waals surface area contributed by atoms with Gasteiger partial charge in [-0.05, 0) is 25.2 Å². The molecule has 0 aromatic rings. The maximum absolute atomic E-state index is 11.2. The van der Waals surface area contributed by atoms with Gasteiger partial charge in [0, 0.05) is 25.0 Å². The zero-order chi connectivity index (χ0) is 12.8. The van der Waals surface area contributed by atoms with Crippen LogP contribution in [-0.4, -0.2) is 24.5 Å². The van der Waals surface area contributed by atoms with Crippen LogP contribution in [0.5, 0.6) is 0 Å². The molecule has 18 heavy (non-hydrogen) atoms. The van der Waals surface area contributed by atoms with Crippen molar-refractivity contribution in [2.24, 2.45) is 5.92 Å². The number of hydrogen-bond donors (Lipinski definition) is 2. The van der Waals surface area contributed by atoms with Gasteiger partial charge in [0.1, 0.15) is 0 Å². The van der Waals surface area contributed by atoms with Gasteiger partial charge >= 0.3 is 0 Å². The lowest BCUT2D eigenvalue weighted by atomic mass is 9.95. The van der Waals surface area contributed by atoms with E-state index in [2.05, 4.69) is 17.6 Å². The van der Waals surface area contributed by atoms with E-state index in [1.807, 2.05) is 0 Å². The van der Waals surface area contributed by atoms with E-state index < -0.39 is 0 Å². The molecule has 2 fully saturated rings. The van der Waals surface area contributed by atoms with Crippen molar-refractivity contribution in [1.82, 2.24) is 10.6 Å². The highest BCUT2D eigenvalue weighted by atomic mass is 16.1. The molecule has 2 rings (SSSR count). The van der Waals surface area contributed by atoms with Crippen LogP contribution in [0, 0.1) is 5.92 Å². The number of rotatable bonds is 7. The van der Waals surface area contributed by atoms with E-state index in [1.165, 1.54) is 51.4 Å². The first-order chi connectivity index (χ1) is 8.79. The van der Waals surface area contributed by atoms with Crippen molar-refractivity contribution >= 4 is 5.91 Å². The largest absolute Gasteiger partial charge is 0.354 e. The standard InChI is InChI=1S/C15H28N2O/c1-2-3-4-5-7-12-8-6-9-14(12)17-13-10-15(18)16-11-13/h12-14,17H,2-11H2,1H3,(H,16,18). The average molecular weight is 252 g/mol. The fourth-order valence-electron chi connectivity index (χ4n) is 3.46. The summed E-state index contributed by atoms with van der Waals surface area (Å²) < 4.78 is 0. The minimum Gasteiger partial charge on any atom is -0.354 e. The minimum absolute atomic E-state index is 0.213. The van der Waals surface area contributed by atoms with Crippen LogP contribution in [-0.2, 0) is 4.79 Å². The molecule has 104 valence electrons. The van der Waals surface area contributed by atoms with Gasteiger partial charge in [0.05, 0.1) is 0 Å².